The van der Waals surface area contributed by atoms with Crippen molar-refractivity contribution in [2.24, 2.45) is 0 Å². The number of para-hydroxylation sites is 1. The molecule has 3 aromatic carbocycles. The lowest BCUT2D eigenvalue weighted by molar-refractivity contribution is -0.136. The Hall–Kier alpha value is -3.93. The minimum Gasteiger partial charge on any atom is -0.348 e. The molecule has 3 rings (SSSR count). The molecule has 0 saturated heterocycles. The monoisotopic (exact) mass is 401 g/mol. The van der Waals surface area contributed by atoms with Crippen LogP contribution in [0, 0.1) is 6.92 Å². The number of nitrogens with one attached hydrogen (secondary N) is 3. The van der Waals surface area contributed by atoms with Crippen LogP contribution in [0.5, 0.6) is 0 Å². The van der Waals surface area contributed by atoms with Crippen molar-refractivity contribution in [1.82, 2.24) is 10.6 Å². The van der Waals surface area contributed by atoms with Crippen LogP contribution < -0.4 is 16.0 Å². The summed E-state index contributed by atoms with van der Waals surface area (Å²) in [5.41, 5.74) is 3.49. The van der Waals surface area contributed by atoms with Crippen LogP contribution in [-0.2, 0) is 22.7 Å². The Morgan fingerprint density at radius 3 is 2.13 bits per heavy atom. The molecule has 0 heterocycles. The smallest absolute Gasteiger partial charge is 0.313 e. The molecule has 0 aliphatic heterocycles. The molecule has 6 nitrogen and oxygen atoms in total. The number of aryl methyl sites for hydroxylation is 1. The molecule has 0 aliphatic carbocycles. The summed E-state index contributed by atoms with van der Waals surface area (Å²) < 4.78 is 0. The normalized spacial score (nSPS) is 10.2. The Labute approximate surface area is 175 Å². The van der Waals surface area contributed by atoms with E-state index < -0.39 is 11.8 Å². The van der Waals surface area contributed by atoms with Crippen molar-refractivity contribution in [1.29, 1.82) is 0 Å². The third-order valence-electron chi connectivity index (χ3n) is 4.46. The highest BCUT2D eigenvalue weighted by atomic mass is 16.2. The van der Waals surface area contributed by atoms with Gasteiger partial charge in [-0.05, 0) is 30.2 Å². The maximum absolute atomic E-state index is 12.6. The van der Waals surface area contributed by atoms with Gasteiger partial charge >= 0.3 is 11.8 Å². The molecule has 0 atom stereocenters. The highest BCUT2D eigenvalue weighted by Crippen LogP contribution is 2.15. The van der Waals surface area contributed by atoms with E-state index in [0.717, 1.165) is 16.7 Å². The summed E-state index contributed by atoms with van der Waals surface area (Å²) >= 11 is 0. The van der Waals surface area contributed by atoms with Gasteiger partial charge in [0.1, 0.15) is 0 Å². The largest absolute Gasteiger partial charge is 0.348 e. The van der Waals surface area contributed by atoms with E-state index in [1.807, 2.05) is 61.5 Å². The number of anilines is 1. The van der Waals surface area contributed by atoms with E-state index in [1.54, 1.807) is 24.3 Å². The molecular formula is C24H23N3O3. The predicted molar refractivity (Wildman–Crippen MR) is 116 cm³/mol. The molecule has 0 aromatic heterocycles. The molecule has 0 aliphatic rings. The lowest BCUT2D eigenvalue weighted by Gasteiger charge is -2.12. The van der Waals surface area contributed by atoms with E-state index in [1.165, 1.54) is 0 Å². The molecule has 0 radical (unpaired) electrons. The average molecular weight is 401 g/mol. The van der Waals surface area contributed by atoms with Gasteiger partial charge in [-0.3, -0.25) is 14.4 Å². The van der Waals surface area contributed by atoms with Crippen molar-refractivity contribution in [2.75, 3.05) is 5.32 Å². The molecule has 3 amide bonds. The minimum absolute atomic E-state index is 0.243. The highest BCUT2D eigenvalue weighted by molar-refractivity contribution is 6.40. The van der Waals surface area contributed by atoms with E-state index in [0.29, 0.717) is 6.54 Å². The van der Waals surface area contributed by atoms with Gasteiger partial charge in [0, 0.05) is 13.1 Å². The zero-order valence-electron chi connectivity index (χ0n) is 16.6. The maximum atomic E-state index is 12.6. The maximum Gasteiger partial charge on any atom is 0.313 e. The lowest BCUT2D eigenvalue weighted by Crippen LogP contribution is -2.35. The highest BCUT2D eigenvalue weighted by Gasteiger charge is 2.17. The van der Waals surface area contributed by atoms with Crippen molar-refractivity contribution in [3.05, 3.63) is 101 Å². The second-order valence-corrected chi connectivity index (χ2v) is 6.84. The van der Waals surface area contributed by atoms with Crippen LogP contribution >= 0.6 is 0 Å². The zero-order valence-corrected chi connectivity index (χ0v) is 16.6. The standard InChI is InChI=1S/C24H23N3O3/c1-17-8-7-11-19(14-17)16-26-23(29)24(30)27-21-13-6-5-12-20(21)22(28)25-15-18-9-3-2-4-10-18/h2-14H,15-16H2,1H3,(H,25,28)(H,26,29)(H,27,30). The SMILES string of the molecule is Cc1cccc(CNC(=O)C(=O)Nc2ccccc2C(=O)NCc2ccccc2)c1. The molecule has 3 aromatic rings. The zero-order chi connectivity index (χ0) is 21.3. The van der Waals surface area contributed by atoms with Crippen molar-refractivity contribution in [2.45, 2.75) is 20.0 Å². The molecule has 0 unspecified atom stereocenters. The summed E-state index contributed by atoms with van der Waals surface area (Å²) in [6.07, 6.45) is 0. The molecule has 0 saturated carbocycles. The number of carbonyl (C=O) groups is 3. The first-order valence-electron chi connectivity index (χ1n) is 9.59. The predicted octanol–water partition coefficient (Wildman–Crippen LogP) is 3.18. The van der Waals surface area contributed by atoms with Crippen LogP contribution in [0.2, 0.25) is 0 Å². The van der Waals surface area contributed by atoms with Crippen molar-refractivity contribution in [3.8, 4) is 0 Å². The van der Waals surface area contributed by atoms with Crippen LogP contribution in [0.25, 0.3) is 0 Å². The third-order valence-corrected chi connectivity index (χ3v) is 4.46. The Kier molecular flexibility index (Phi) is 6.95. The van der Waals surface area contributed by atoms with Crippen molar-refractivity contribution in [3.63, 3.8) is 0 Å². The Morgan fingerprint density at radius 2 is 1.37 bits per heavy atom. The number of amides is 3. The Balaban J connectivity index is 1.59. The van der Waals surface area contributed by atoms with Crippen LogP contribution in [0.1, 0.15) is 27.0 Å². The summed E-state index contributed by atoms with van der Waals surface area (Å²) in [6, 6.07) is 23.7. The fraction of sp³-hybridized carbons (Fsp3) is 0.125. The first-order valence-corrected chi connectivity index (χ1v) is 9.59. The van der Waals surface area contributed by atoms with Gasteiger partial charge in [0.2, 0.25) is 0 Å². The molecule has 30 heavy (non-hydrogen) atoms. The Bertz CT molecular complexity index is 1050. The van der Waals surface area contributed by atoms with E-state index in [9.17, 15) is 14.4 Å². The summed E-state index contributed by atoms with van der Waals surface area (Å²) in [4.78, 5) is 37.0. The van der Waals surface area contributed by atoms with Gasteiger partial charge in [0.05, 0.1) is 11.3 Å². The van der Waals surface area contributed by atoms with Crippen LogP contribution in [0.15, 0.2) is 78.9 Å². The van der Waals surface area contributed by atoms with E-state index >= 15 is 0 Å². The summed E-state index contributed by atoms with van der Waals surface area (Å²) in [6.45, 7) is 2.56. The van der Waals surface area contributed by atoms with Crippen molar-refractivity contribution >= 4 is 23.4 Å². The molecule has 3 N–H and O–H groups in total. The summed E-state index contributed by atoms with van der Waals surface area (Å²) in [5.74, 6) is -1.93. The fourth-order valence-corrected chi connectivity index (χ4v) is 2.93. The fourth-order valence-electron chi connectivity index (χ4n) is 2.93. The van der Waals surface area contributed by atoms with Crippen LogP contribution in [-0.4, -0.2) is 17.7 Å². The van der Waals surface area contributed by atoms with E-state index in [4.69, 9.17) is 0 Å². The number of hydrogen-bond acceptors (Lipinski definition) is 3. The summed E-state index contributed by atoms with van der Waals surface area (Å²) in [5, 5.41) is 7.93. The number of hydrogen-bond donors (Lipinski definition) is 3. The lowest BCUT2D eigenvalue weighted by atomic mass is 10.1. The topological polar surface area (TPSA) is 87.3 Å². The molecule has 152 valence electrons. The first kappa shape index (κ1) is 20.8. The van der Waals surface area contributed by atoms with Gasteiger partial charge in [0.15, 0.2) is 0 Å². The van der Waals surface area contributed by atoms with Gasteiger partial charge in [0.25, 0.3) is 5.91 Å². The average Bonchev–Trinajstić information content (AvgIpc) is 2.77. The second kappa shape index (κ2) is 10.0. The van der Waals surface area contributed by atoms with Crippen molar-refractivity contribution < 1.29 is 14.4 Å². The van der Waals surface area contributed by atoms with Crippen LogP contribution in [0.4, 0.5) is 5.69 Å². The third kappa shape index (κ3) is 5.78. The van der Waals surface area contributed by atoms with Crippen LogP contribution in [0.3, 0.4) is 0 Å². The van der Waals surface area contributed by atoms with Gasteiger partial charge in [-0.15, -0.1) is 0 Å². The summed E-state index contributed by atoms with van der Waals surface area (Å²) in [7, 11) is 0. The molecule has 0 spiro atoms. The first-order chi connectivity index (χ1) is 14.5. The van der Waals surface area contributed by atoms with Gasteiger partial charge in [-0.25, -0.2) is 0 Å². The quantitative estimate of drug-likeness (QED) is 0.555. The van der Waals surface area contributed by atoms with Gasteiger partial charge < -0.3 is 16.0 Å². The molecule has 0 fully saturated rings. The molecular weight excluding hydrogens is 378 g/mol. The number of benzene rings is 3. The van der Waals surface area contributed by atoms with E-state index in [-0.39, 0.29) is 23.7 Å². The minimum atomic E-state index is -0.828. The van der Waals surface area contributed by atoms with E-state index in [2.05, 4.69) is 16.0 Å². The van der Waals surface area contributed by atoms with Gasteiger partial charge in [-0.1, -0.05) is 72.3 Å². The molecule has 0 bridgehead atoms. The number of carbonyl (C=O) groups excluding carboxylic acids is 3. The molecule has 6 heteroatoms. The Morgan fingerprint density at radius 1 is 0.700 bits per heavy atom. The van der Waals surface area contributed by atoms with Gasteiger partial charge in [-0.2, -0.15) is 0 Å². The second-order valence-electron chi connectivity index (χ2n) is 6.84. The number of rotatable bonds is 6.